The van der Waals surface area contributed by atoms with Gasteiger partial charge in [0.05, 0.1) is 0 Å². The minimum atomic E-state index is 0.542. The number of hydrogen-bond acceptors (Lipinski definition) is 1. The predicted molar refractivity (Wildman–Crippen MR) is 98.2 cm³/mol. The maximum Gasteiger partial charge on any atom is 0.00127 e. The number of nitrogens with zero attached hydrogens (tertiary/aromatic N) is 1. The van der Waals surface area contributed by atoms with Crippen LogP contribution in [-0.4, -0.2) is 25.0 Å². The van der Waals surface area contributed by atoms with Crippen LogP contribution in [-0.2, 0) is 0 Å². The molecule has 4 aliphatic rings. The molecule has 23 heavy (non-hydrogen) atoms. The molecule has 0 amide bonds. The van der Waals surface area contributed by atoms with E-state index in [2.05, 4.69) is 46.6 Å². The predicted octanol–water partition coefficient (Wildman–Crippen LogP) is 5.31. The first-order valence-corrected chi connectivity index (χ1v) is 10.3. The van der Waals surface area contributed by atoms with Crippen LogP contribution in [0.15, 0.2) is 0 Å². The summed E-state index contributed by atoms with van der Waals surface area (Å²) in [7, 11) is 2.30. The van der Waals surface area contributed by atoms with E-state index in [1.807, 2.05) is 0 Å². The van der Waals surface area contributed by atoms with Gasteiger partial charge in [-0.3, -0.25) is 0 Å². The molecule has 1 aliphatic heterocycles. The second-order valence-electron chi connectivity index (χ2n) is 11.9. The summed E-state index contributed by atoms with van der Waals surface area (Å²) in [5.74, 6) is 7.57. The Morgan fingerprint density at radius 3 is 1.78 bits per heavy atom. The van der Waals surface area contributed by atoms with E-state index < -0.39 is 0 Å². The summed E-state index contributed by atoms with van der Waals surface area (Å²) in [5, 5.41) is 0. The molecule has 1 nitrogen and oxygen atoms in total. The van der Waals surface area contributed by atoms with Crippen LogP contribution in [0.5, 0.6) is 0 Å². The van der Waals surface area contributed by atoms with Crippen molar-refractivity contribution in [1.82, 2.24) is 4.90 Å². The smallest absolute Gasteiger partial charge is 0.00127 e. The van der Waals surface area contributed by atoms with E-state index in [-0.39, 0.29) is 0 Å². The highest BCUT2D eigenvalue weighted by Crippen LogP contribution is 2.65. The quantitative estimate of drug-likeness (QED) is 0.664. The first-order valence-electron chi connectivity index (χ1n) is 10.3. The summed E-state index contributed by atoms with van der Waals surface area (Å²) in [6.45, 7) is 15.2. The van der Waals surface area contributed by atoms with Crippen molar-refractivity contribution in [1.29, 1.82) is 0 Å². The standard InChI is InChI=1S/C22H39N/c1-21(2,3)10-17-15-7-14(8-16(15)17)9-22(4,5)11-18-19-12-23(6)13-20(18)19/h14-20H,7-13H2,1-6H3. The number of hydrogen-bond donors (Lipinski definition) is 0. The summed E-state index contributed by atoms with van der Waals surface area (Å²) < 4.78 is 0. The summed E-state index contributed by atoms with van der Waals surface area (Å²) in [6, 6.07) is 0. The van der Waals surface area contributed by atoms with Crippen LogP contribution >= 0.6 is 0 Å². The van der Waals surface area contributed by atoms with Gasteiger partial charge in [0.1, 0.15) is 0 Å². The molecular formula is C22H39N. The first-order chi connectivity index (χ1) is 10.6. The highest BCUT2D eigenvalue weighted by molar-refractivity contribution is 5.08. The van der Waals surface area contributed by atoms with Crippen molar-refractivity contribution < 1.29 is 0 Å². The van der Waals surface area contributed by atoms with Crippen LogP contribution in [0.4, 0.5) is 0 Å². The molecule has 4 rings (SSSR count). The number of likely N-dealkylation sites (tertiary alicyclic amines) is 1. The summed E-state index contributed by atoms with van der Waals surface area (Å²) in [5.41, 5.74) is 1.13. The number of fused-ring (bicyclic) bond motifs is 2. The zero-order valence-corrected chi connectivity index (χ0v) is 16.4. The van der Waals surface area contributed by atoms with E-state index in [0.29, 0.717) is 10.8 Å². The van der Waals surface area contributed by atoms with E-state index in [1.165, 1.54) is 32.4 Å². The average Bonchev–Trinajstić information content (AvgIpc) is 3.03. The molecule has 3 aliphatic carbocycles. The zero-order chi connectivity index (χ0) is 16.6. The summed E-state index contributed by atoms with van der Waals surface area (Å²) in [6.07, 6.45) is 7.61. The Morgan fingerprint density at radius 2 is 1.26 bits per heavy atom. The van der Waals surface area contributed by atoms with Crippen LogP contribution in [0.3, 0.4) is 0 Å². The first kappa shape index (κ1) is 16.4. The molecule has 0 spiro atoms. The van der Waals surface area contributed by atoms with Gasteiger partial charge in [0.2, 0.25) is 0 Å². The number of rotatable bonds is 5. The Morgan fingerprint density at radius 1 is 0.739 bits per heavy atom. The number of piperidine rings is 1. The van der Waals surface area contributed by atoms with Gasteiger partial charge in [0.25, 0.3) is 0 Å². The van der Waals surface area contributed by atoms with Crippen molar-refractivity contribution in [2.45, 2.75) is 66.7 Å². The molecule has 3 saturated carbocycles. The second-order valence-corrected chi connectivity index (χ2v) is 11.9. The van der Waals surface area contributed by atoms with Crippen LogP contribution in [0.25, 0.3) is 0 Å². The fourth-order valence-electron chi connectivity index (χ4n) is 6.93. The van der Waals surface area contributed by atoms with Crippen LogP contribution in [0.1, 0.15) is 66.7 Å². The van der Waals surface area contributed by atoms with Crippen LogP contribution in [0, 0.1) is 52.3 Å². The maximum atomic E-state index is 2.57. The lowest BCUT2D eigenvalue weighted by Gasteiger charge is -2.30. The topological polar surface area (TPSA) is 3.24 Å². The summed E-state index contributed by atoms with van der Waals surface area (Å²) >= 11 is 0. The van der Waals surface area contributed by atoms with Gasteiger partial charge in [0.15, 0.2) is 0 Å². The molecule has 132 valence electrons. The minimum Gasteiger partial charge on any atom is -0.306 e. The molecule has 4 fully saturated rings. The van der Waals surface area contributed by atoms with Crippen molar-refractivity contribution in [2.75, 3.05) is 20.1 Å². The normalized spacial score (nSPS) is 45.9. The van der Waals surface area contributed by atoms with Crippen LogP contribution in [0.2, 0.25) is 0 Å². The highest BCUT2D eigenvalue weighted by Gasteiger charge is 2.58. The van der Waals surface area contributed by atoms with Gasteiger partial charge in [-0.05, 0) is 91.4 Å². The Hall–Kier alpha value is -0.0400. The van der Waals surface area contributed by atoms with Gasteiger partial charge in [-0.2, -0.15) is 0 Å². The Balaban J connectivity index is 1.22. The fourth-order valence-corrected chi connectivity index (χ4v) is 6.93. The molecule has 0 aromatic carbocycles. The van der Waals surface area contributed by atoms with Crippen molar-refractivity contribution in [3.63, 3.8) is 0 Å². The van der Waals surface area contributed by atoms with Gasteiger partial charge >= 0.3 is 0 Å². The third-order valence-electron chi connectivity index (χ3n) is 7.75. The molecular weight excluding hydrogens is 278 g/mol. The Kier molecular flexibility index (Phi) is 3.73. The third-order valence-corrected chi connectivity index (χ3v) is 7.75. The molecule has 0 aromatic heterocycles. The van der Waals surface area contributed by atoms with Crippen LogP contribution < -0.4 is 0 Å². The lowest BCUT2D eigenvalue weighted by Crippen LogP contribution is -2.23. The lowest BCUT2D eigenvalue weighted by molar-refractivity contribution is 0.200. The van der Waals surface area contributed by atoms with Crippen molar-refractivity contribution in [2.24, 2.45) is 52.3 Å². The van der Waals surface area contributed by atoms with Crippen molar-refractivity contribution in [3.05, 3.63) is 0 Å². The van der Waals surface area contributed by atoms with Crippen molar-refractivity contribution in [3.8, 4) is 0 Å². The van der Waals surface area contributed by atoms with E-state index in [0.717, 1.165) is 41.4 Å². The van der Waals surface area contributed by atoms with E-state index in [9.17, 15) is 0 Å². The van der Waals surface area contributed by atoms with Gasteiger partial charge in [0, 0.05) is 13.1 Å². The van der Waals surface area contributed by atoms with E-state index in [1.54, 1.807) is 12.8 Å². The molecule has 1 saturated heterocycles. The van der Waals surface area contributed by atoms with Gasteiger partial charge < -0.3 is 4.90 Å². The molecule has 4 atom stereocenters. The van der Waals surface area contributed by atoms with Gasteiger partial charge in [-0.25, -0.2) is 0 Å². The zero-order valence-electron chi connectivity index (χ0n) is 16.4. The fraction of sp³-hybridized carbons (Fsp3) is 1.00. The third kappa shape index (κ3) is 3.37. The van der Waals surface area contributed by atoms with E-state index in [4.69, 9.17) is 0 Å². The Labute approximate surface area is 144 Å². The highest BCUT2D eigenvalue weighted by atomic mass is 15.2. The molecule has 0 N–H and O–H groups in total. The summed E-state index contributed by atoms with van der Waals surface area (Å²) in [4.78, 5) is 2.54. The van der Waals surface area contributed by atoms with E-state index >= 15 is 0 Å². The van der Waals surface area contributed by atoms with Crippen molar-refractivity contribution >= 4 is 0 Å². The molecule has 4 unspecified atom stereocenters. The Bertz CT molecular complexity index is 435. The van der Waals surface area contributed by atoms with Gasteiger partial charge in [-0.15, -0.1) is 0 Å². The SMILES string of the molecule is CN1CC2C(C1)C2CC(C)(C)CC1CC2C(C1)C2CC(C)(C)C. The molecule has 0 aromatic rings. The monoisotopic (exact) mass is 317 g/mol. The molecule has 1 heterocycles. The minimum absolute atomic E-state index is 0.542. The molecule has 0 radical (unpaired) electrons. The largest absolute Gasteiger partial charge is 0.306 e. The second kappa shape index (κ2) is 5.23. The molecule has 0 bridgehead atoms. The van der Waals surface area contributed by atoms with Gasteiger partial charge in [-0.1, -0.05) is 34.6 Å². The molecule has 1 heteroatoms. The lowest BCUT2D eigenvalue weighted by atomic mass is 9.75. The average molecular weight is 318 g/mol. The maximum absolute atomic E-state index is 2.57.